The zero-order valence-corrected chi connectivity index (χ0v) is 20.4. The molecule has 0 aliphatic heterocycles. The first-order valence-electron chi connectivity index (χ1n) is 13.2. The summed E-state index contributed by atoms with van der Waals surface area (Å²) in [6, 6.07) is 6.19. The van der Waals surface area contributed by atoms with Crippen LogP contribution in [0.15, 0.2) is 24.3 Å². The van der Waals surface area contributed by atoms with Crippen molar-refractivity contribution in [2.24, 2.45) is 0 Å². The SMILES string of the molecule is CCCCCCCCCCCCCCCCCCCCOC(=O)c1ccccc1C(=O)O. The first-order valence-corrected chi connectivity index (χ1v) is 13.2. The summed E-state index contributed by atoms with van der Waals surface area (Å²) in [5, 5.41) is 9.14. The Morgan fingerprint density at radius 2 is 1.00 bits per heavy atom. The fourth-order valence-corrected chi connectivity index (χ4v) is 4.09. The second-order valence-electron chi connectivity index (χ2n) is 9.00. The van der Waals surface area contributed by atoms with Gasteiger partial charge >= 0.3 is 11.9 Å². The largest absolute Gasteiger partial charge is 0.478 e. The van der Waals surface area contributed by atoms with Gasteiger partial charge in [0.15, 0.2) is 0 Å². The van der Waals surface area contributed by atoms with Gasteiger partial charge in [0.25, 0.3) is 0 Å². The first-order chi connectivity index (χ1) is 15.7. The normalized spacial score (nSPS) is 10.9. The number of carboxylic acids is 1. The van der Waals surface area contributed by atoms with Gasteiger partial charge in [-0.3, -0.25) is 0 Å². The monoisotopic (exact) mass is 446 g/mol. The van der Waals surface area contributed by atoms with Crippen LogP contribution < -0.4 is 0 Å². The van der Waals surface area contributed by atoms with Gasteiger partial charge in [-0.15, -0.1) is 0 Å². The molecule has 0 bridgehead atoms. The number of hydrogen-bond donors (Lipinski definition) is 1. The van der Waals surface area contributed by atoms with Crippen LogP contribution in [0.5, 0.6) is 0 Å². The predicted molar refractivity (Wildman–Crippen MR) is 132 cm³/mol. The Kier molecular flexibility index (Phi) is 17.5. The lowest BCUT2D eigenvalue weighted by molar-refractivity contribution is 0.0487. The summed E-state index contributed by atoms with van der Waals surface area (Å²) in [6.45, 7) is 2.63. The van der Waals surface area contributed by atoms with Gasteiger partial charge in [-0.05, 0) is 18.6 Å². The van der Waals surface area contributed by atoms with E-state index in [1.807, 2.05) is 0 Å². The number of carbonyl (C=O) groups excluding carboxylic acids is 1. The van der Waals surface area contributed by atoms with E-state index in [4.69, 9.17) is 9.84 Å². The summed E-state index contributed by atoms with van der Waals surface area (Å²) in [7, 11) is 0. The van der Waals surface area contributed by atoms with Crippen LogP contribution in [0.3, 0.4) is 0 Å². The maximum atomic E-state index is 12.1. The molecule has 1 aromatic rings. The second-order valence-corrected chi connectivity index (χ2v) is 9.00. The molecule has 1 N–H and O–H groups in total. The molecule has 1 aromatic carbocycles. The van der Waals surface area contributed by atoms with Gasteiger partial charge in [0.2, 0.25) is 0 Å². The third-order valence-electron chi connectivity index (χ3n) is 6.11. The van der Waals surface area contributed by atoms with E-state index in [0.29, 0.717) is 6.61 Å². The Balaban J connectivity index is 1.85. The molecule has 0 aliphatic carbocycles. The maximum absolute atomic E-state index is 12.1. The Morgan fingerprint density at radius 1 is 0.625 bits per heavy atom. The van der Waals surface area contributed by atoms with Gasteiger partial charge in [0.05, 0.1) is 17.7 Å². The standard InChI is InChI=1S/C28H46O4/c1-2-3-4-5-6-7-8-9-10-11-12-13-14-15-16-17-18-21-24-32-28(31)26-23-20-19-22-25(26)27(29)30/h19-20,22-23H,2-18,21,24H2,1H3,(H,29,30). The molecule has 0 heterocycles. The summed E-state index contributed by atoms with van der Waals surface area (Å²) >= 11 is 0. The number of unbranched alkanes of at least 4 members (excludes halogenated alkanes) is 17. The van der Waals surface area contributed by atoms with Crippen LogP contribution in [0.4, 0.5) is 0 Å². The van der Waals surface area contributed by atoms with E-state index < -0.39 is 11.9 Å². The number of rotatable bonds is 21. The number of carboxylic acid groups (broad SMARTS) is 1. The lowest BCUT2D eigenvalue weighted by atomic mass is 10.0. The smallest absolute Gasteiger partial charge is 0.339 e. The highest BCUT2D eigenvalue weighted by Gasteiger charge is 2.16. The van der Waals surface area contributed by atoms with Crippen LogP contribution in [-0.4, -0.2) is 23.7 Å². The van der Waals surface area contributed by atoms with Crippen LogP contribution in [0.2, 0.25) is 0 Å². The van der Waals surface area contributed by atoms with E-state index in [-0.39, 0.29) is 11.1 Å². The minimum Gasteiger partial charge on any atom is -0.478 e. The molecule has 0 saturated heterocycles. The Hall–Kier alpha value is -1.84. The molecule has 1 rings (SSSR count). The Labute approximate surface area is 196 Å². The van der Waals surface area contributed by atoms with Crippen molar-refractivity contribution in [3.63, 3.8) is 0 Å². The zero-order chi connectivity index (χ0) is 23.3. The van der Waals surface area contributed by atoms with E-state index in [2.05, 4.69) is 6.92 Å². The Bertz CT molecular complexity index is 611. The quantitative estimate of drug-likeness (QED) is 0.152. The predicted octanol–water partition coefficient (Wildman–Crippen LogP) is 8.58. The molecule has 0 unspecified atom stereocenters. The van der Waals surface area contributed by atoms with Gasteiger partial charge in [-0.1, -0.05) is 128 Å². The fraction of sp³-hybridized carbons (Fsp3) is 0.714. The molecule has 0 aliphatic rings. The Morgan fingerprint density at radius 3 is 1.41 bits per heavy atom. The van der Waals surface area contributed by atoms with Crippen molar-refractivity contribution in [2.75, 3.05) is 6.61 Å². The number of esters is 1. The number of hydrogen-bond acceptors (Lipinski definition) is 3. The zero-order valence-electron chi connectivity index (χ0n) is 20.4. The number of aromatic carboxylic acids is 1. The highest BCUT2D eigenvalue weighted by atomic mass is 16.5. The summed E-state index contributed by atoms with van der Waals surface area (Å²) < 4.78 is 5.25. The van der Waals surface area contributed by atoms with Crippen molar-refractivity contribution < 1.29 is 19.4 Å². The molecular formula is C28H46O4. The van der Waals surface area contributed by atoms with Crippen LogP contribution in [0.25, 0.3) is 0 Å². The summed E-state index contributed by atoms with van der Waals surface area (Å²) in [6.07, 6.45) is 23.8. The molecule has 4 heteroatoms. The van der Waals surface area contributed by atoms with Crippen LogP contribution in [0.1, 0.15) is 143 Å². The summed E-state index contributed by atoms with van der Waals surface area (Å²) in [5.41, 5.74) is 0.123. The third-order valence-corrected chi connectivity index (χ3v) is 6.11. The lowest BCUT2D eigenvalue weighted by Gasteiger charge is -2.07. The van der Waals surface area contributed by atoms with E-state index in [9.17, 15) is 9.59 Å². The van der Waals surface area contributed by atoms with E-state index >= 15 is 0 Å². The van der Waals surface area contributed by atoms with Gasteiger partial charge in [0, 0.05) is 0 Å². The van der Waals surface area contributed by atoms with Gasteiger partial charge in [-0.25, -0.2) is 9.59 Å². The number of ether oxygens (including phenoxy) is 1. The highest BCUT2D eigenvalue weighted by Crippen LogP contribution is 2.15. The van der Waals surface area contributed by atoms with Gasteiger partial charge in [0.1, 0.15) is 0 Å². The molecule has 4 nitrogen and oxygen atoms in total. The molecule has 0 fully saturated rings. The van der Waals surface area contributed by atoms with E-state index in [1.54, 1.807) is 12.1 Å². The molecular weight excluding hydrogens is 400 g/mol. The average Bonchev–Trinajstić information content (AvgIpc) is 2.80. The van der Waals surface area contributed by atoms with Crippen molar-refractivity contribution in [2.45, 2.75) is 122 Å². The van der Waals surface area contributed by atoms with Crippen molar-refractivity contribution in [1.29, 1.82) is 0 Å². The third kappa shape index (κ3) is 14.3. The number of carbonyl (C=O) groups is 2. The van der Waals surface area contributed by atoms with Crippen molar-refractivity contribution >= 4 is 11.9 Å². The van der Waals surface area contributed by atoms with Gasteiger partial charge < -0.3 is 9.84 Å². The molecule has 0 saturated carbocycles. The van der Waals surface area contributed by atoms with E-state index in [0.717, 1.165) is 12.8 Å². The molecule has 0 radical (unpaired) electrons. The molecule has 0 atom stereocenters. The summed E-state index contributed by atoms with van der Waals surface area (Å²) in [4.78, 5) is 23.2. The average molecular weight is 447 g/mol. The lowest BCUT2D eigenvalue weighted by Crippen LogP contribution is -2.12. The second kappa shape index (κ2) is 19.8. The molecule has 182 valence electrons. The maximum Gasteiger partial charge on any atom is 0.339 e. The van der Waals surface area contributed by atoms with Crippen LogP contribution in [0, 0.1) is 0 Å². The van der Waals surface area contributed by atoms with Crippen LogP contribution in [-0.2, 0) is 4.74 Å². The fourth-order valence-electron chi connectivity index (χ4n) is 4.09. The minimum atomic E-state index is -1.11. The molecule has 0 aromatic heterocycles. The highest BCUT2D eigenvalue weighted by molar-refractivity contribution is 6.02. The first kappa shape index (κ1) is 28.2. The molecule has 0 spiro atoms. The minimum absolute atomic E-state index is 0.00435. The molecule has 32 heavy (non-hydrogen) atoms. The topological polar surface area (TPSA) is 63.6 Å². The van der Waals surface area contributed by atoms with Crippen molar-refractivity contribution in [1.82, 2.24) is 0 Å². The summed E-state index contributed by atoms with van der Waals surface area (Å²) in [5.74, 6) is -1.65. The number of benzene rings is 1. The molecule has 0 amide bonds. The van der Waals surface area contributed by atoms with Crippen molar-refractivity contribution in [3.8, 4) is 0 Å². The van der Waals surface area contributed by atoms with Crippen LogP contribution >= 0.6 is 0 Å². The van der Waals surface area contributed by atoms with E-state index in [1.165, 1.54) is 115 Å². The van der Waals surface area contributed by atoms with Crippen molar-refractivity contribution in [3.05, 3.63) is 35.4 Å². The van der Waals surface area contributed by atoms with Gasteiger partial charge in [-0.2, -0.15) is 0 Å².